The highest BCUT2D eigenvalue weighted by Gasteiger charge is 2.24. The molecular formula is C9H6O4. The molecule has 1 aliphatic carbocycles. The van der Waals surface area contributed by atoms with Crippen LogP contribution in [-0.4, -0.2) is 16.9 Å². The first-order valence-corrected chi connectivity index (χ1v) is 3.72. The first-order chi connectivity index (χ1) is 6.16. The van der Waals surface area contributed by atoms with Gasteiger partial charge in [-0.3, -0.25) is 9.59 Å². The lowest BCUT2D eigenvalue weighted by Crippen LogP contribution is -2.15. The molecule has 0 amide bonds. The summed E-state index contributed by atoms with van der Waals surface area (Å²) in [6.07, 6.45) is 3.62. The lowest BCUT2D eigenvalue weighted by molar-refractivity contribution is -0.137. The van der Waals surface area contributed by atoms with Crippen LogP contribution >= 0.6 is 0 Å². The van der Waals surface area contributed by atoms with Gasteiger partial charge >= 0.3 is 5.97 Å². The molecule has 1 aliphatic heterocycles. The fourth-order valence-electron chi connectivity index (χ4n) is 1.27. The molecular weight excluding hydrogens is 172 g/mol. The van der Waals surface area contributed by atoms with Crippen molar-refractivity contribution in [1.82, 2.24) is 0 Å². The first-order valence-electron chi connectivity index (χ1n) is 3.72. The molecule has 0 unspecified atom stereocenters. The number of rotatable bonds is 0. The molecule has 0 aromatic carbocycles. The molecule has 1 heterocycles. The van der Waals surface area contributed by atoms with E-state index in [1.807, 2.05) is 0 Å². The molecule has 0 saturated carbocycles. The zero-order valence-corrected chi connectivity index (χ0v) is 6.61. The molecule has 0 aromatic heterocycles. The summed E-state index contributed by atoms with van der Waals surface area (Å²) >= 11 is 0. The minimum atomic E-state index is -0.419. The van der Waals surface area contributed by atoms with E-state index in [1.54, 1.807) is 0 Å². The van der Waals surface area contributed by atoms with Crippen LogP contribution in [0.15, 0.2) is 35.3 Å². The minimum Gasteiger partial charge on any atom is -0.507 e. The summed E-state index contributed by atoms with van der Waals surface area (Å²) in [5.41, 5.74) is 0.931. The Labute approximate surface area is 73.8 Å². The molecule has 13 heavy (non-hydrogen) atoms. The van der Waals surface area contributed by atoms with Crippen LogP contribution in [0.25, 0.3) is 0 Å². The maximum atomic E-state index is 10.9. The van der Waals surface area contributed by atoms with Crippen molar-refractivity contribution in [1.29, 1.82) is 0 Å². The zero-order valence-electron chi connectivity index (χ0n) is 6.61. The van der Waals surface area contributed by atoms with Gasteiger partial charge in [-0.25, -0.2) is 0 Å². The van der Waals surface area contributed by atoms with Gasteiger partial charge in [-0.1, -0.05) is 0 Å². The summed E-state index contributed by atoms with van der Waals surface area (Å²) in [7, 11) is 0. The fraction of sp³-hybridized carbons (Fsp3) is 0.111. The van der Waals surface area contributed by atoms with Gasteiger partial charge < -0.3 is 9.84 Å². The van der Waals surface area contributed by atoms with E-state index in [2.05, 4.69) is 4.74 Å². The number of fused-ring (bicyclic) bond motifs is 1. The average Bonchev–Trinajstić information content (AvgIpc) is 2.02. The number of carbonyl (C=O) groups is 2. The average molecular weight is 178 g/mol. The number of cyclic esters (lactones) is 1. The van der Waals surface area contributed by atoms with Crippen LogP contribution in [0, 0.1) is 0 Å². The second kappa shape index (κ2) is 2.58. The van der Waals surface area contributed by atoms with Gasteiger partial charge in [0.1, 0.15) is 12.0 Å². The molecule has 0 atom stereocenters. The van der Waals surface area contributed by atoms with Crippen LogP contribution in [-0.2, 0) is 14.3 Å². The van der Waals surface area contributed by atoms with E-state index in [-0.39, 0.29) is 18.0 Å². The molecule has 0 fully saturated rings. The molecule has 0 bridgehead atoms. The number of ether oxygens (including phenoxy) is 1. The quantitative estimate of drug-likeness (QED) is 0.556. The highest BCUT2D eigenvalue weighted by atomic mass is 16.5. The summed E-state index contributed by atoms with van der Waals surface area (Å²) in [5, 5.41) is 9.30. The molecule has 2 rings (SSSR count). The molecule has 0 saturated heterocycles. The standard InChI is InChI=1S/C9H6O4/c10-6-1-5-2-9(12)13-4-7(5)8(11)3-6/h1,3-4,11H,2H2. The van der Waals surface area contributed by atoms with E-state index in [4.69, 9.17) is 0 Å². The van der Waals surface area contributed by atoms with Gasteiger partial charge in [0, 0.05) is 6.08 Å². The Bertz CT molecular complexity index is 384. The van der Waals surface area contributed by atoms with Crippen LogP contribution in [0.3, 0.4) is 0 Å². The summed E-state index contributed by atoms with van der Waals surface area (Å²) in [5.74, 6) is -0.869. The number of hydrogen-bond acceptors (Lipinski definition) is 4. The molecule has 0 radical (unpaired) electrons. The van der Waals surface area contributed by atoms with Gasteiger partial charge in [0.2, 0.25) is 0 Å². The van der Waals surface area contributed by atoms with E-state index in [9.17, 15) is 14.7 Å². The van der Waals surface area contributed by atoms with Crippen molar-refractivity contribution in [2.24, 2.45) is 0 Å². The van der Waals surface area contributed by atoms with Crippen LogP contribution in [0.2, 0.25) is 0 Å². The summed E-state index contributed by atoms with van der Waals surface area (Å²) < 4.78 is 4.60. The van der Waals surface area contributed by atoms with E-state index >= 15 is 0 Å². The Balaban J connectivity index is 2.46. The Morgan fingerprint density at radius 3 is 2.85 bits per heavy atom. The van der Waals surface area contributed by atoms with Crippen LogP contribution < -0.4 is 0 Å². The number of aliphatic hydroxyl groups excluding tert-OH is 1. The number of esters is 1. The third-order valence-electron chi connectivity index (χ3n) is 1.86. The second-order valence-electron chi connectivity index (χ2n) is 2.80. The Kier molecular flexibility index (Phi) is 1.55. The van der Waals surface area contributed by atoms with Gasteiger partial charge in [-0.15, -0.1) is 0 Å². The lowest BCUT2D eigenvalue weighted by atomic mass is 9.94. The molecule has 1 N–H and O–H groups in total. The van der Waals surface area contributed by atoms with E-state index in [0.29, 0.717) is 11.1 Å². The predicted octanol–water partition coefficient (Wildman–Crippen LogP) is 0.768. The van der Waals surface area contributed by atoms with Gasteiger partial charge in [0.05, 0.1) is 12.0 Å². The predicted molar refractivity (Wildman–Crippen MR) is 42.6 cm³/mol. The normalized spacial score (nSPS) is 21.1. The summed E-state index contributed by atoms with van der Waals surface area (Å²) in [4.78, 5) is 21.8. The number of hydrogen-bond donors (Lipinski definition) is 1. The molecule has 4 heteroatoms. The Morgan fingerprint density at radius 2 is 2.08 bits per heavy atom. The third-order valence-corrected chi connectivity index (χ3v) is 1.86. The Hall–Kier alpha value is -1.84. The maximum Gasteiger partial charge on any atom is 0.315 e. The first kappa shape index (κ1) is 7.79. The van der Waals surface area contributed by atoms with E-state index in [1.165, 1.54) is 6.08 Å². The van der Waals surface area contributed by atoms with Crippen molar-refractivity contribution in [3.8, 4) is 0 Å². The molecule has 0 aromatic rings. The zero-order chi connectivity index (χ0) is 9.42. The fourth-order valence-corrected chi connectivity index (χ4v) is 1.27. The SMILES string of the molecule is O=C1C=C(O)C2=COC(=O)CC2=C1. The van der Waals surface area contributed by atoms with Crippen molar-refractivity contribution in [3.05, 3.63) is 35.3 Å². The topological polar surface area (TPSA) is 63.6 Å². The summed E-state index contributed by atoms with van der Waals surface area (Å²) in [6.45, 7) is 0. The Morgan fingerprint density at radius 1 is 1.31 bits per heavy atom. The van der Waals surface area contributed by atoms with E-state index in [0.717, 1.165) is 12.3 Å². The minimum absolute atomic E-state index is 0.0372. The summed E-state index contributed by atoms with van der Waals surface area (Å²) in [6, 6.07) is 0. The van der Waals surface area contributed by atoms with Gasteiger partial charge in [0.15, 0.2) is 5.78 Å². The smallest absolute Gasteiger partial charge is 0.315 e. The molecule has 0 spiro atoms. The van der Waals surface area contributed by atoms with Crippen molar-refractivity contribution in [2.45, 2.75) is 6.42 Å². The maximum absolute atomic E-state index is 10.9. The second-order valence-corrected chi connectivity index (χ2v) is 2.80. The molecule has 66 valence electrons. The monoisotopic (exact) mass is 178 g/mol. The van der Waals surface area contributed by atoms with Gasteiger partial charge in [-0.05, 0) is 11.6 Å². The largest absolute Gasteiger partial charge is 0.507 e. The lowest BCUT2D eigenvalue weighted by Gasteiger charge is -2.17. The highest BCUT2D eigenvalue weighted by molar-refractivity contribution is 6.04. The van der Waals surface area contributed by atoms with Crippen LogP contribution in [0.5, 0.6) is 0 Å². The number of allylic oxidation sites excluding steroid dienone is 3. The number of ketones is 1. The third kappa shape index (κ3) is 1.26. The van der Waals surface area contributed by atoms with Crippen molar-refractivity contribution >= 4 is 11.8 Å². The highest BCUT2D eigenvalue weighted by Crippen LogP contribution is 2.28. The number of aliphatic hydroxyl groups is 1. The van der Waals surface area contributed by atoms with Gasteiger partial charge in [0.25, 0.3) is 0 Å². The van der Waals surface area contributed by atoms with Crippen molar-refractivity contribution < 1.29 is 19.4 Å². The van der Waals surface area contributed by atoms with Crippen molar-refractivity contribution in [3.63, 3.8) is 0 Å². The van der Waals surface area contributed by atoms with Crippen LogP contribution in [0.1, 0.15) is 6.42 Å². The molecule has 2 aliphatic rings. The van der Waals surface area contributed by atoms with Crippen LogP contribution in [0.4, 0.5) is 0 Å². The number of carbonyl (C=O) groups excluding carboxylic acids is 2. The van der Waals surface area contributed by atoms with Gasteiger partial charge in [-0.2, -0.15) is 0 Å². The van der Waals surface area contributed by atoms with Crippen molar-refractivity contribution in [2.75, 3.05) is 0 Å². The molecule has 4 nitrogen and oxygen atoms in total. The van der Waals surface area contributed by atoms with E-state index < -0.39 is 5.97 Å².